The molecule has 0 radical (unpaired) electrons. The van der Waals surface area contributed by atoms with Crippen molar-refractivity contribution in [1.82, 2.24) is 0 Å². The first-order valence-electron chi connectivity index (χ1n) is 4.19. The van der Waals surface area contributed by atoms with Crippen LogP contribution in [-0.4, -0.2) is 36.5 Å². The molecule has 4 nitrogen and oxygen atoms in total. The number of hydrogen-bond donors (Lipinski definition) is 1. The van der Waals surface area contributed by atoms with E-state index in [1.54, 1.807) is 19.9 Å². The average molecular weight is 188 g/mol. The van der Waals surface area contributed by atoms with Crippen molar-refractivity contribution in [2.45, 2.75) is 38.1 Å². The van der Waals surface area contributed by atoms with Crippen molar-refractivity contribution in [3.05, 3.63) is 12.7 Å². The van der Waals surface area contributed by atoms with E-state index in [-0.39, 0.29) is 6.10 Å². The smallest absolute Gasteiger partial charge is 0.183 e. The van der Waals surface area contributed by atoms with E-state index in [0.717, 1.165) is 0 Å². The fourth-order valence-corrected chi connectivity index (χ4v) is 1.35. The molecule has 1 heterocycles. The van der Waals surface area contributed by atoms with Gasteiger partial charge in [0.25, 0.3) is 0 Å². The molecule has 0 aromatic rings. The van der Waals surface area contributed by atoms with Gasteiger partial charge in [-0.05, 0) is 13.8 Å². The maximum absolute atomic E-state index is 9.42. The lowest BCUT2D eigenvalue weighted by atomic mass is 10.2. The van der Waals surface area contributed by atoms with E-state index in [0.29, 0.717) is 0 Å². The van der Waals surface area contributed by atoms with E-state index < -0.39 is 18.2 Å². The van der Waals surface area contributed by atoms with E-state index in [1.165, 1.54) is 7.11 Å². The topological polar surface area (TPSA) is 47.9 Å². The molecule has 1 fully saturated rings. The van der Waals surface area contributed by atoms with Crippen LogP contribution in [0.5, 0.6) is 0 Å². The van der Waals surface area contributed by atoms with E-state index >= 15 is 0 Å². The van der Waals surface area contributed by atoms with Gasteiger partial charge in [0.1, 0.15) is 12.2 Å². The van der Waals surface area contributed by atoms with Gasteiger partial charge in [0, 0.05) is 7.11 Å². The van der Waals surface area contributed by atoms with Crippen LogP contribution in [-0.2, 0) is 14.2 Å². The molecule has 1 aliphatic heterocycles. The Balaban J connectivity index is 2.68. The summed E-state index contributed by atoms with van der Waals surface area (Å²) >= 11 is 0. The summed E-state index contributed by atoms with van der Waals surface area (Å²) in [4.78, 5) is 0. The summed E-state index contributed by atoms with van der Waals surface area (Å²) in [6.45, 7) is 7.17. The summed E-state index contributed by atoms with van der Waals surface area (Å²) in [5, 5.41) is 9.42. The lowest BCUT2D eigenvalue weighted by molar-refractivity contribution is -0.191. The molecule has 76 valence electrons. The third kappa shape index (κ3) is 2.28. The Bertz CT molecular complexity index is 190. The first-order valence-corrected chi connectivity index (χ1v) is 4.19. The van der Waals surface area contributed by atoms with Crippen LogP contribution in [0.15, 0.2) is 12.7 Å². The number of methoxy groups -OCH3 is 1. The zero-order valence-electron chi connectivity index (χ0n) is 8.19. The molecule has 0 saturated carbocycles. The predicted molar refractivity (Wildman–Crippen MR) is 47.0 cm³/mol. The maximum Gasteiger partial charge on any atom is 0.183 e. The zero-order valence-corrected chi connectivity index (χ0v) is 8.19. The van der Waals surface area contributed by atoms with Crippen LogP contribution in [0, 0.1) is 0 Å². The Morgan fingerprint density at radius 1 is 1.54 bits per heavy atom. The fourth-order valence-electron chi connectivity index (χ4n) is 1.35. The van der Waals surface area contributed by atoms with Crippen molar-refractivity contribution < 1.29 is 19.3 Å². The molecule has 1 aliphatic rings. The third-order valence-corrected chi connectivity index (χ3v) is 1.92. The van der Waals surface area contributed by atoms with Gasteiger partial charge in [-0.3, -0.25) is 0 Å². The van der Waals surface area contributed by atoms with Crippen LogP contribution in [0.25, 0.3) is 0 Å². The summed E-state index contributed by atoms with van der Waals surface area (Å²) in [5.41, 5.74) is 0. The van der Waals surface area contributed by atoms with E-state index in [1.807, 2.05) is 0 Å². The molecule has 0 aliphatic carbocycles. The lowest BCUT2D eigenvalue weighted by Crippen LogP contribution is -2.35. The molecule has 1 rings (SSSR count). The Morgan fingerprint density at radius 2 is 2.15 bits per heavy atom. The van der Waals surface area contributed by atoms with Crippen LogP contribution in [0.1, 0.15) is 13.8 Å². The fraction of sp³-hybridized carbons (Fsp3) is 0.778. The molecule has 0 spiro atoms. The highest BCUT2D eigenvalue weighted by atomic mass is 16.8. The van der Waals surface area contributed by atoms with E-state index in [9.17, 15) is 5.11 Å². The van der Waals surface area contributed by atoms with Crippen LogP contribution in [0.3, 0.4) is 0 Å². The van der Waals surface area contributed by atoms with E-state index in [2.05, 4.69) is 6.58 Å². The minimum absolute atomic E-state index is 0.329. The van der Waals surface area contributed by atoms with Crippen LogP contribution in [0.2, 0.25) is 0 Å². The predicted octanol–water partition coefficient (Wildman–Crippen LogP) is 0.657. The largest absolute Gasteiger partial charge is 0.366 e. The molecule has 4 heteroatoms. The van der Waals surface area contributed by atoms with Gasteiger partial charge in [-0.2, -0.15) is 0 Å². The summed E-state index contributed by atoms with van der Waals surface area (Å²) in [7, 11) is 1.42. The normalized spacial score (nSPS) is 34.5. The van der Waals surface area contributed by atoms with Crippen molar-refractivity contribution in [2.24, 2.45) is 0 Å². The van der Waals surface area contributed by atoms with Gasteiger partial charge >= 0.3 is 0 Å². The summed E-state index contributed by atoms with van der Waals surface area (Å²) in [6.07, 6.45) is -0.214. The van der Waals surface area contributed by atoms with E-state index in [4.69, 9.17) is 14.2 Å². The molecular formula is C9H16O4. The zero-order chi connectivity index (χ0) is 10.1. The minimum atomic E-state index is -0.982. The highest BCUT2D eigenvalue weighted by Crippen LogP contribution is 2.30. The molecule has 13 heavy (non-hydrogen) atoms. The Hall–Kier alpha value is -0.420. The number of aliphatic hydroxyl groups excluding tert-OH is 1. The van der Waals surface area contributed by atoms with Gasteiger partial charge in [0.05, 0.1) is 0 Å². The Morgan fingerprint density at radius 3 is 2.62 bits per heavy atom. The molecular weight excluding hydrogens is 172 g/mol. The van der Waals surface area contributed by atoms with Gasteiger partial charge in [-0.15, -0.1) is 6.58 Å². The van der Waals surface area contributed by atoms with Crippen molar-refractivity contribution in [3.8, 4) is 0 Å². The molecule has 0 bridgehead atoms. The SMILES string of the molecule is C=C[C@H]1OC(C)(C)O[C@H]1C(O)OC. The lowest BCUT2D eigenvalue weighted by Gasteiger charge is -2.19. The van der Waals surface area contributed by atoms with Gasteiger partial charge in [-0.25, -0.2) is 0 Å². The van der Waals surface area contributed by atoms with Crippen LogP contribution in [0.4, 0.5) is 0 Å². The molecule has 1 N–H and O–H groups in total. The van der Waals surface area contributed by atoms with Gasteiger partial charge in [0.2, 0.25) is 0 Å². The Kier molecular flexibility index (Phi) is 3.08. The number of rotatable bonds is 3. The highest BCUT2D eigenvalue weighted by Gasteiger charge is 2.43. The molecule has 3 atom stereocenters. The van der Waals surface area contributed by atoms with Crippen molar-refractivity contribution >= 4 is 0 Å². The van der Waals surface area contributed by atoms with Crippen LogP contribution >= 0.6 is 0 Å². The summed E-state index contributed by atoms with van der Waals surface area (Å²) < 4.78 is 15.7. The molecule has 0 amide bonds. The molecule has 1 unspecified atom stereocenters. The van der Waals surface area contributed by atoms with Gasteiger partial charge < -0.3 is 19.3 Å². The summed E-state index contributed by atoms with van der Waals surface area (Å²) in [5.74, 6) is -0.691. The first-order chi connectivity index (χ1) is 6.00. The monoisotopic (exact) mass is 188 g/mol. The Labute approximate surface area is 78.1 Å². The highest BCUT2D eigenvalue weighted by molar-refractivity contribution is 4.94. The third-order valence-electron chi connectivity index (χ3n) is 1.92. The van der Waals surface area contributed by atoms with Crippen LogP contribution < -0.4 is 0 Å². The second-order valence-corrected chi connectivity index (χ2v) is 3.43. The minimum Gasteiger partial charge on any atom is -0.366 e. The quantitative estimate of drug-likeness (QED) is 0.522. The van der Waals surface area contributed by atoms with Crippen molar-refractivity contribution in [2.75, 3.05) is 7.11 Å². The number of hydrogen-bond acceptors (Lipinski definition) is 4. The number of aliphatic hydroxyl groups is 1. The van der Waals surface area contributed by atoms with Crippen molar-refractivity contribution in [3.63, 3.8) is 0 Å². The average Bonchev–Trinajstić information content (AvgIpc) is 2.39. The number of ether oxygens (including phenoxy) is 3. The maximum atomic E-state index is 9.42. The summed E-state index contributed by atoms with van der Waals surface area (Å²) in [6, 6.07) is 0. The molecule has 1 saturated heterocycles. The molecule has 0 aromatic carbocycles. The molecule has 0 aromatic heterocycles. The van der Waals surface area contributed by atoms with Crippen molar-refractivity contribution in [1.29, 1.82) is 0 Å². The van der Waals surface area contributed by atoms with Gasteiger partial charge in [0.15, 0.2) is 12.1 Å². The first kappa shape index (κ1) is 10.7. The second-order valence-electron chi connectivity index (χ2n) is 3.43. The standard InChI is InChI=1S/C9H16O4/c1-5-6-7(8(10)11-4)13-9(2,3)12-6/h5-8,10H,1H2,2-4H3/t6-,7-,8?/m1/s1. The second kappa shape index (κ2) is 3.75. The van der Waals surface area contributed by atoms with Gasteiger partial charge in [-0.1, -0.05) is 6.08 Å².